The summed E-state index contributed by atoms with van der Waals surface area (Å²) in [5.41, 5.74) is 6.52. The van der Waals surface area contributed by atoms with Gasteiger partial charge < -0.3 is 0 Å². The maximum atomic E-state index is 9.58. The second-order valence-corrected chi connectivity index (χ2v) is 5.41. The van der Waals surface area contributed by atoms with Crippen molar-refractivity contribution in [2.75, 3.05) is 0 Å². The van der Waals surface area contributed by atoms with Crippen LogP contribution in [0.3, 0.4) is 0 Å². The minimum Gasteiger partial charge on any atom is -0.245 e. The molecule has 3 heteroatoms. The number of hydrogen-bond donors (Lipinski definition) is 0. The van der Waals surface area contributed by atoms with Gasteiger partial charge >= 0.3 is 0 Å². The molecular formula is C19H9N3. The number of hydrogen-bond acceptors (Lipinski definition) is 3. The molecule has 0 aromatic heterocycles. The molecule has 2 aliphatic heterocycles. The smallest absolute Gasteiger partial charge is 0.0999 e. The van der Waals surface area contributed by atoms with Crippen LogP contribution in [0.1, 0.15) is 5.56 Å². The zero-order valence-corrected chi connectivity index (χ0v) is 11.5. The van der Waals surface area contributed by atoms with E-state index in [0.29, 0.717) is 5.56 Å². The van der Waals surface area contributed by atoms with Gasteiger partial charge in [-0.25, -0.2) is 9.98 Å². The lowest BCUT2D eigenvalue weighted by Gasteiger charge is -2.03. The fraction of sp³-hybridized carbons (Fsp3) is 0. The lowest BCUT2D eigenvalue weighted by atomic mass is 9.95. The minimum absolute atomic E-state index is 0.661. The molecule has 0 amide bonds. The van der Waals surface area contributed by atoms with Crippen molar-refractivity contribution in [2.45, 2.75) is 0 Å². The molecule has 5 rings (SSSR count). The van der Waals surface area contributed by atoms with E-state index in [4.69, 9.17) is 9.98 Å². The number of rotatable bonds is 0. The Kier molecular flexibility index (Phi) is 2.02. The van der Waals surface area contributed by atoms with Crippen LogP contribution in [0.15, 0.2) is 64.6 Å². The molecular weight excluding hydrogens is 270 g/mol. The van der Waals surface area contributed by atoms with E-state index in [-0.39, 0.29) is 0 Å². The second-order valence-electron chi connectivity index (χ2n) is 5.41. The third-order valence-electron chi connectivity index (χ3n) is 4.23. The molecule has 3 nitrogen and oxygen atoms in total. The average Bonchev–Trinajstić information content (AvgIpc) is 3.12. The summed E-state index contributed by atoms with van der Waals surface area (Å²) in [5, 5.41) is 11.3. The van der Waals surface area contributed by atoms with Crippen LogP contribution in [0.4, 0.5) is 11.4 Å². The van der Waals surface area contributed by atoms with Gasteiger partial charge in [-0.2, -0.15) is 5.26 Å². The molecule has 2 heterocycles. The van der Waals surface area contributed by atoms with Crippen molar-refractivity contribution in [3.8, 4) is 28.3 Å². The third kappa shape index (κ3) is 1.29. The summed E-state index contributed by atoms with van der Waals surface area (Å²) in [6.45, 7) is 0. The predicted molar refractivity (Wildman–Crippen MR) is 83.7 cm³/mol. The summed E-state index contributed by atoms with van der Waals surface area (Å²) in [6.07, 6.45) is 0. The molecule has 0 saturated heterocycles. The minimum atomic E-state index is 0.661. The summed E-state index contributed by atoms with van der Waals surface area (Å²) < 4.78 is 0. The largest absolute Gasteiger partial charge is 0.245 e. The molecule has 0 spiro atoms. The molecule has 22 heavy (non-hydrogen) atoms. The lowest BCUT2D eigenvalue weighted by molar-refractivity contribution is 1.29. The molecule has 100 valence electrons. The fourth-order valence-corrected chi connectivity index (χ4v) is 3.27. The molecule has 0 saturated carbocycles. The van der Waals surface area contributed by atoms with E-state index >= 15 is 0 Å². The lowest BCUT2D eigenvalue weighted by Crippen LogP contribution is -2.26. The molecule has 0 fully saturated rings. The van der Waals surface area contributed by atoms with Crippen molar-refractivity contribution in [2.24, 2.45) is 9.98 Å². The Morgan fingerprint density at radius 2 is 1.36 bits per heavy atom. The Hall–Kier alpha value is -3.25. The zero-order chi connectivity index (χ0) is 14.7. The van der Waals surface area contributed by atoms with Crippen LogP contribution < -0.4 is 10.7 Å². The standard InChI is InChI=1S/C19H9N3/c20-10-11-9-14-12-5-1-3-7-15(12)21-18(14)19-17(11)13-6-2-4-8-16(13)22-19/h1-9H. The summed E-state index contributed by atoms with van der Waals surface area (Å²) in [5.74, 6) is 0. The number of nitrogens with zero attached hydrogens (tertiary/aromatic N) is 3. The first-order chi connectivity index (χ1) is 10.9. The normalized spacial score (nSPS) is 12.3. The van der Waals surface area contributed by atoms with Crippen molar-refractivity contribution in [3.05, 3.63) is 70.9 Å². The quantitative estimate of drug-likeness (QED) is 0.428. The Morgan fingerprint density at radius 1 is 0.727 bits per heavy atom. The molecule has 3 aromatic carbocycles. The van der Waals surface area contributed by atoms with Crippen LogP contribution in [0.2, 0.25) is 0 Å². The average molecular weight is 279 g/mol. The van der Waals surface area contributed by atoms with Crippen LogP contribution in [-0.4, -0.2) is 0 Å². The molecule has 3 aromatic rings. The van der Waals surface area contributed by atoms with Gasteiger partial charge in [0.05, 0.1) is 33.7 Å². The summed E-state index contributed by atoms with van der Waals surface area (Å²) in [7, 11) is 0. The van der Waals surface area contributed by atoms with E-state index in [0.717, 1.165) is 44.3 Å². The van der Waals surface area contributed by atoms with Crippen molar-refractivity contribution < 1.29 is 0 Å². The van der Waals surface area contributed by atoms with Gasteiger partial charge in [-0.05, 0) is 18.2 Å². The van der Waals surface area contributed by atoms with Crippen molar-refractivity contribution >= 4 is 11.4 Å². The highest BCUT2D eigenvalue weighted by Gasteiger charge is 2.24. The van der Waals surface area contributed by atoms with Crippen molar-refractivity contribution in [1.82, 2.24) is 0 Å². The Bertz CT molecular complexity index is 1130. The highest BCUT2D eigenvalue weighted by atomic mass is 14.8. The van der Waals surface area contributed by atoms with Crippen molar-refractivity contribution in [3.63, 3.8) is 0 Å². The monoisotopic (exact) mass is 279 g/mol. The van der Waals surface area contributed by atoms with E-state index in [9.17, 15) is 5.26 Å². The van der Waals surface area contributed by atoms with Crippen LogP contribution in [0.25, 0.3) is 22.3 Å². The van der Waals surface area contributed by atoms with E-state index in [1.165, 1.54) is 0 Å². The van der Waals surface area contributed by atoms with Crippen LogP contribution in [-0.2, 0) is 0 Å². The van der Waals surface area contributed by atoms with Crippen LogP contribution in [0.5, 0.6) is 0 Å². The van der Waals surface area contributed by atoms with Gasteiger partial charge in [-0.15, -0.1) is 0 Å². The maximum absolute atomic E-state index is 9.58. The van der Waals surface area contributed by atoms with Gasteiger partial charge in [-0.3, -0.25) is 0 Å². The molecule has 0 bridgehead atoms. The Labute approximate surface area is 126 Å². The highest BCUT2D eigenvalue weighted by Crippen LogP contribution is 2.37. The van der Waals surface area contributed by atoms with E-state index < -0.39 is 0 Å². The molecule has 0 N–H and O–H groups in total. The molecule has 0 unspecified atom stereocenters. The molecule has 0 radical (unpaired) electrons. The summed E-state index contributed by atoms with van der Waals surface area (Å²) in [4.78, 5) is 9.48. The number of nitriles is 1. The van der Waals surface area contributed by atoms with Gasteiger partial charge in [0, 0.05) is 22.3 Å². The zero-order valence-electron chi connectivity index (χ0n) is 11.5. The molecule has 2 aliphatic rings. The summed E-state index contributed by atoms with van der Waals surface area (Å²) >= 11 is 0. The van der Waals surface area contributed by atoms with Crippen molar-refractivity contribution in [1.29, 1.82) is 5.26 Å². The van der Waals surface area contributed by atoms with Crippen LogP contribution in [0, 0.1) is 11.3 Å². The van der Waals surface area contributed by atoms with Gasteiger partial charge in [-0.1, -0.05) is 36.4 Å². The van der Waals surface area contributed by atoms with Gasteiger partial charge in [0.15, 0.2) is 0 Å². The first-order valence-corrected chi connectivity index (χ1v) is 7.10. The Morgan fingerprint density at radius 3 is 2.14 bits per heavy atom. The van der Waals surface area contributed by atoms with E-state index in [2.05, 4.69) is 6.07 Å². The Balaban J connectivity index is 1.99. The van der Waals surface area contributed by atoms with Gasteiger partial charge in [0.1, 0.15) is 0 Å². The highest BCUT2D eigenvalue weighted by molar-refractivity contribution is 5.88. The van der Waals surface area contributed by atoms with Gasteiger partial charge in [0.25, 0.3) is 0 Å². The first-order valence-electron chi connectivity index (χ1n) is 7.10. The SMILES string of the molecule is N#Cc1cc2c(c3c1-c1ccccc1N=3)=Nc1ccccc1-2. The second kappa shape index (κ2) is 3.90. The fourth-order valence-electron chi connectivity index (χ4n) is 3.27. The van der Waals surface area contributed by atoms with E-state index in [1.54, 1.807) is 0 Å². The predicted octanol–water partition coefficient (Wildman–Crippen LogP) is 3.42. The maximum Gasteiger partial charge on any atom is 0.0999 e. The topological polar surface area (TPSA) is 48.5 Å². The van der Waals surface area contributed by atoms with Crippen LogP contribution >= 0.6 is 0 Å². The summed E-state index contributed by atoms with van der Waals surface area (Å²) in [6, 6.07) is 20.2. The third-order valence-corrected chi connectivity index (χ3v) is 4.23. The number of benzene rings is 3. The molecule has 0 aliphatic carbocycles. The number of fused-ring (bicyclic) bond motifs is 7. The molecule has 0 atom stereocenters. The van der Waals surface area contributed by atoms with E-state index in [1.807, 2.05) is 54.6 Å². The number of para-hydroxylation sites is 2. The van der Waals surface area contributed by atoms with Gasteiger partial charge in [0.2, 0.25) is 0 Å². The first kappa shape index (κ1) is 11.4.